The molecule has 0 bridgehead atoms. The molecule has 0 aromatic heterocycles. The van der Waals surface area contributed by atoms with E-state index >= 15 is 0 Å². The molecule has 6 nitrogen and oxygen atoms in total. The molecule has 0 aliphatic rings. The Kier molecular flexibility index (Phi) is 68.4. The maximum absolute atomic E-state index is 12.3. The van der Waals surface area contributed by atoms with Crippen LogP contribution in [0.5, 0.6) is 0 Å². The van der Waals surface area contributed by atoms with Crippen LogP contribution in [-0.4, -0.2) is 73.7 Å². The molecule has 0 spiro atoms. The van der Waals surface area contributed by atoms with Crippen molar-refractivity contribution in [3.05, 3.63) is 0 Å². The van der Waals surface area contributed by atoms with Gasteiger partial charge >= 0.3 is 5.97 Å². The predicted molar refractivity (Wildman–Crippen MR) is 234 cm³/mol. The second-order valence-corrected chi connectivity index (χ2v) is 14.6. The monoisotopic (exact) mass is 745 g/mol. The number of unbranched alkanes of at least 4 members (excludes halogenated alkanes) is 19. The molecule has 1 amide bonds. The Morgan fingerprint density at radius 3 is 1.12 bits per heavy atom. The number of esters is 1. The number of ether oxygens (including phenoxy) is 1. The van der Waals surface area contributed by atoms with E-state index in [0.717, 1.165) is 84.0 Å². The summed E-state index contributed by atoms with van der Waals surface area (Å²) in [5, 5.41) is 9.32. The minimum atomic E-state index is -0.120. The highest BCUT2D eigenvalue weighted by molar-refractivity contribution is 5.75. The molecule has 0 fully saturated rings. The summed E-state index contributed by atoms with van der Waals surface area (Å²) >= 11 is 0. The SMILES string of the molecule is CCC.CCC.CCC.CCCCCCCCCCC.CCCCCCCCN(C)C(=O)CCCCCN(CCO)CCCCCCCC(=O)OC. The number of methoxy groups -OCH3 is 1. The van der Waals surface area contributed by atoms with Gasteiger partial charge < -0.3 is 19.6 Å². The first-order valence-corrected chi connectivity index (χ1v) is 22.8. The van der Waals surface area contributed by atoms with Crippen LogP contribution in [0.1, 0.15) is 242 Å². The molecule has 0 heterocycles. The average Bonchev–Trinajstić information content (AvgIpc) is 3.13. The van der Waals surface area contributed by atoms with Gasteiger partial charge in [-0.15, -0.1) is 0 Å². The average molecular weight is 745 g/mol. The van der Waals surface area contributed by atoms with Gasteiger partial charge in [0, 0.05) is 33.0 Å². The van der Waals surface area contributed by atoms with E-state index in [0.29, 0.717) is 12.8 Å². The number of aliphatic hydroxyl groups is 1. The van der Waals surface area contributed by atoms with Crippen molar-refractivity contribution < 1.29 is 19.4 Å². The fourth-order valence-electron chi connectivity index (χ4n) is 5.33. The number of nitrogens with zero attached hydrogens (tertiary/aromatic N) is 2. The van der Waals surface area contributed by atoms with Gasteiger partial charge in [0.1, 0.15) is 0 Å². The number of aliphatic hydroxyl groups excluding tert-OH is 1. The fraction of sp³-hybridized carbons (Fsp3) is 0.957. The molecule has 0 saturated heterocycles. The molecule has 6 heteroatoms. The zero-order valence-electron chi connectivity index (χ0n) is 37.9. The molecule has 0 rings (SSSR count). The van der Waals surface area contributed by atoms with Gasteiger partial charge in [-0.1, -0.05) is 197 Å². The Labute approximate surface area is 329 Å². The van der Waals surface area contributed by atoms with E-state index in [-0.39, 0.29) is 18.5 Å². The molecule has 0 aliphatic carbocycles. The van der Waals surface area contributed by atoms with E-state index < -0.39 is 0 Å². The first-order chi connectivity index (χ1) is 25.2. The summed E-state index contributed by atoms with van der Waals surface area (Å²) in [4.78, 5) is 27.6. The van der Waals surface area contributed by atoms with Crippen molar-refractivity contribution in [3.63, 3.8) is 0 Å². The number of amides is 1. The molecule has 0 aliphatic heterocycles. The summed E-state index contributed by atoms with van der Waals surface area (Å²) in [6.07, 6.45) is 33.9. The molecular formula is C46H100N2O4. The maximum Gasteiger partial charge on any atom is 0.305 e. The zero-order valence-corrected chi connectivity index (χ0v) is 37.9. The van der Waals surface area contributed by atoms with Gasteiger partial charge in [-0.2, -0.15) is 0 Å². The lowest BCUT2D eigenvalue weighted by molar-refractivity contribution is -0.140. The number of hydrogen-bond acceptors (Lipinski definition) is 5. The van der Waals surface area contributed by atoms with Crippen LogP contribution in [0.2, 0.25) is 0 Å². The highest BCUT2D eigenvalue weighted by Gasteiger charge is 2.09. The summed E-state index contributed by atoms with van der Waals surface area (Å²) in [5.41, 5.74) is 0. The van der Waals surface area contributed by atoms with E-state index in [1.807, 2.05) is 11.9 Å². The van der Waals surface area contributed by atoms with Crippen molar-refractivity contribution in [2.45, 2.75) is 242 Å². The number of carbonyl (C=O) groups excluding carboxylic acids is 2. The van der Waals surface area contributed by atoms with E-state index in [2.05, 4.69) is 72.0 Å². The lowest BCUT2D eigenvalue weighted by Gasteiger charge is -2.21. The van der Waals surface area contributed by atoms with Crippen LogP contribution in [0.4, 0.5) is 0 Å². The van der Waals surface area contributed by atoms with Crippen molar-refractivity contribution in [2.24, 2.45) is 0 Å². The minimum Gasteiger partial charge on any atom is -0.469 e. The van der Waals surface area contributed by atoms with E-state index in [4.69, 9.17) is 0 Å². The molecule has 0 saturated carbocycles. The van der Waals surface area contributed by atoms with Gasteiger partial charge in [0.05, 0.1) is 13.7 Å². The van der Waals surface area contributed by atoms with Crippen molar-refractivity contribution in [1.82, 2.24) is 9.80 Å². The summed E-state index contributed by atoms with van der Waals surface area (Å²) in [5.74, 6) is 0.156. The first kappa shape index (κ1) is 60.1. The highest BCUT2D eigenvalue weighted by atomic mass is 16.5. The Balaban J connectivity index is -0.000000300. The largest absolute Gasteiger partial charge is 0.469 e. The Bertz CT molecular complexity index is 604. The number of carbonyl (C=O) groups is 2. The van der Waals surface area contributed by atoms with Gasteiger partial charge in [0.15, 0.2) is 0 Å². The van der Waals surface area contributed by atoms with Crippen LogP contribution < -0.4 is 0 Å². The topological polar surface area (TPSA) is 70.1 Å². The molecule has 1 N–H and O–H groups in total. The van der Waals surface area contributed by atoms with E-state index in [9.17, 15) is 14.7 Å². The lowest BCUT2D eigenvalue weighted by Crippen LogP contribution is -2.29. The van der Waals surface area contributed by atoms with Crippen LogP contribution in [0.25, 0.3) is 0 Å². The molecule has 0 aromatic rings. The lowest BCUT2D eigenvalue weighted by atomic mass is 10.1. The molecule has 0 unspecified atom stereocenters. The maximum atomic E-state index is 12.3. The van der Waals surface area contributed by atoms with Gasteiger partial charge in [0.25, 0.3) is 0 Å². The summed E-state index contributed by atoms with van der Waals surface area (Å²) in [7, 11) is 3.37. The van der Waals surface area contributed by atoms with E-state index in [1.165, 1.54) is 116 Å². The van der Waals surface area contributed by atoms with Crippen LogP contribution >= 0.6 is 0 Å². The smallest absolute Gasteiger partial charge is 0.305 e. The minimum absolute atomic E-state index is 0.120. The molecule has 0 aromatic carbocycles. The molecule has 318 valence electrons. The summed E-state index contributed by atoms with van der Waals surface area (Å²) < 4.78 is 4.66. The number of rotatable bonds is 31. The third-order valence-electron chi connectivity index (χ3n) is 8.34. The van der Waals surface area contributed by atoms with Gasteiger partial charge in [-0.25, -0.2) is 0 Å². The Morgan fingerprint density at radius 2 is 0.750 bits per heavy atom. The van der Waals surface area contributed by atoms with Gasteiger partial charge in [0.2, 0.25) is 5.91 Å². The molecule has 0 radical (unpaired) electrons. The third kappa shape index (κ3) is 63.9. The van der Waals surface area contributed by atoms with Crippen molar-refractivity contribution in [1.29, 1.82) is 0 Å². The predicted octanol–water partition coefficient (Wildman–Crippen LogP) is 14.0. The Morgan fingerprint density at radius 1 is 0.442 bits per heavy atom. The van der Waals surface area contributed by atoms with Crippen molar-refractivity contribution in [2.75, 3.05) is 46.9 Å². The zero-order chi connectivity index (χ0) is 40.4. The van der Waals surface area contributed by atoms with Crippen LogP contribution in [0.15, 0.2) is 0 Å². The molecular weight excluding hydrogens is 645 g/mol. The second-order valence-electron chi connectivity index (χ2n) is 14.6. The Hall–Kier alpha value is -1.14. The second kappa shape index (κ2) is 59.1. The van der Waals surface area contributed by atoms with Crippen LogP contribution in [-0.2, 0) is 14.3 Å². The standard InChI is InChI=1S/C26H52N2O4.C11H24.3C3H8/c1-4-5-6-7-10-15-20-27(2)25(30)18-13-12-17-22-28(23-24-29)21-16-11-8-9-14-19-26(31)32-3;1-3-5-7-9-11-10-8-6-4-2;3*1-3-2/h29H,4-24H2,1-3H3;3-11H2,1-2H3;3*3H2,1-2H3. The number of hydrogen-bond donors (Lipinski definition) is 1. The summed E-state index contributed by atoms with van der Waals surface area (Å²) in [6.45, 7) is 23.3. The first-order valence-electron chi connectivity index (χ1n) is 22.8. The van der Waals surface area contributed by atoms with Gasteiger partial charge in [-0.05, 0) is 45.2 Å². The van der Waals surface area contributed by atoms with Crippen LogP contribution in [0, 0.1) is 0 Å². The van der Waals surface area contributed by atoms with Crippen LogP contribution in [0.3, 0.4) is 0 Å². The molecule has 52 heavy (non-hydrogen) atoms. The van der Waals surface area contributed by atoms with Gasteiger partial charge in [-0.3, -0.25) is 9.59 Å². The highest BCUT2D eigenvalue weighted by Crippen LogP contribution is 2.11. The quantitative estimate of drug-likeness (QED) is 0.0565. The molecule has 0 atom stereocenters. The summed E-state index contributed by atoms with van der Waals surface area (Å²) in [6, 6.07) is 0. The van der Waals surface area contributed by atoms with E-state index in [1.54, 1.807) is 0 Å². The van der Waals surface area contributed by atoms with Crippen molar-refractivity contribution >= 4 is 11.9 Å². The third-order valence-corrected chi connectivity index (χ3v) is 8.34. The van der Waals surface area contributed by atoms with Crippen molar-refractivity contribution in [3.8, 4) is 0 Å². The fourth-order valence-corrected chi connectivity index (χ4v) is 5.33. The normalized spacial score (nSPS) is 10.1.